The van der Waals surface area contributed by atoms with Crippen LogP contribution < -0.4 is 27.0 Å². The maximum Gasteiger partial charge on any atom is 0.302 e. The average molecular weight is 970 g/mol. The Labute approximate surface area is 409 Å². The van der Waals surface area contributed by atoms with Gasteiger partial charge in [-0.15, -0.1) is 5.10 Å². The van der Waals surface area contributed by atoms with Crippen molar-refractivity contribution in [1.29, 1.82) is 0 Å². The van der Waals surface area contributed by atoms with E-state index in [1.807, 2.05) is 69.2 Å². The van der Waals surface area contributed by atoms with Gasteiger partial charge in [-0.2, -0.15) is 0 Å². The maximum absolute atomic E-state index is 13.1. The van der Waals surface area contributed by atoms with Gasteiger partial charge < -0.3 is 41.2 Å². The Balaban J connectivity index is 0.00000397. The number of carbonyl (C=O) groups is 7. The molecule has 4 rings (SSSR count). The van der Waals surface area contributed by atoms with Gasteiger partial charge in [-0.1, -0.05) is 58.9 Å². The summed E-state index contributed by atoms with van der Waals surface area (Å²) in [5.74, 6) is -1.98. The highest BCUT2D eigenvalue weighted by Crippen LogP contribution is 2.33. The van der Waals surface area contributed by atoms with Gasteiger partial charge in [0.2, 0.25) is 35.4 Å². The van der Waals surface area contributed by atoms with Gasteiger partial charge >= 0.3 is 5.97 Å². The van der Waals surface area contributed by atoms with Gasteiger partial charge in [0.1, 0.15) is 31.6 Å². The average Bonchev–Trinajstić information content (AvgIpc) is 3.92. The van der Waals surface area contributed by atoms with Crippen LogP contribution in [-0.4, -0.2) is 112 Å². The molecule has 2 heterocycles. The number of hydrogen-bond donors (Lipinski definition) is 5. The summed E-state index contributed by atoms with van der Waals surface area (Å²) in [5.41, 5.74) is 6.30. The van der Waals surface area contributed by atoms with Gasteiger partial charge in [0.25, 0.3) is 0 Å². The number of imide groups is 1. The zero-order valence-electron chi connectivity index (χ0n) is 43.2. The molecule has 1 aromatic carbocycles. The van der Waals surface area contributed by atoms with Crippen molar-refractivity contribution in [3.8, 4) is 0 Å². The van der Waals surface area contributed by atoms with E-state index in [4.69, 9.17) is 19.9 Å². The Bertz CT molecular complexity index is 1930. The van der Waals surface area contributed by atoms with E-state index in [0.717, 1.165) is 18.4 Å². The van der Waals surface area contributed by atoms with Gasteiger partial charge in [-0.05, 0) is 115 Å². The molecule has 19 nitrogen and oxygen atoms in total. The number of aromatic nitrogens is 3. The number of carbonyl (C=O) groups excluding carboxylic acids is 7. The highest BCUT2D eigenvalue weighted by atomic mass is 16.5. The molecule has 2 aliphatic rings. The second-order valence-electron chi connectivity index (χ2n) is 18.8. The third kappa shape index (κ3) is 21.1. The van der Waals surface area contributed by atoms with Gasteiger partial charge in [-0.25, -0.2) is 4.68 Å². The molecular formula is C50H83N9O10. The summed E-state index contributed by atoms with van der Waals surface area (Å²) in [5, 5.41) is 19.8. The topological polar surface area (TPSA) is 255 Å². The van der Waals surface area contributed by atoms with Crippen LogP contribution in [0.5, 0.6) is 0 Å². The summed E-state index contributed by atoms with van der Waals surface area (Å²) in [4.78, 5) is 89.2. The van der Waals surface area contributed by atoms with Crippen molar-refractivity contribution < 1.29 is 47.8 Å². The van der Waals surface area contributed by atoms with Crippen molar-refractivity contribution in [3.63, 3.8) is 0 Å². The lowest BCUT2D eigenvalue weighted by molar-refractivity contribution is -0.142. The quantitative estimate of drug-likeness (QED) is 0.0465. The highest BCUT2D eigenvalue weighted by Gasteiger charge is 2.41. The van der Waals surface area contributed by atoms with Crippen LogP contribution in [0.25, 0.3) is 0 Å². The molecule has 1 aromatic heterocycles. The molecule has 0 spiro atoms. The first-order valence-corrected chi connectivity index (χ1v) is 24.8. The molecule has 388 valence electrons. The predicted molar refractivity (Wildman–Crippen MR) is 263 cm³/mol. The van der Waals surface area contributed by atoms with Crippen LogP contribution in [0.2, 0.25) is 0 Å². The van der Waals surface area contributed by atoms with Crippen molar-refractivity contribution in [1.82, 2.24) is 35.8 Å². The fourth-order valence-electron chi connectivity index (χ4n) is 7.68. The van der Waals surface area contributed by atoms with Gasteiger partial charge in [0.15, 0.2) is 0 Å². The van der Waals surface area contributed by atoms with E-state index in [0.29, 0.717) is 76.0 Å². The Morgan fingerprint density at radius 1 is 0.899 bits per heavy atom. The molecule has 0 bridgehead atoms. The van der Waals surface area contributed by atoms with Crippen molar-refractivity contribution in [2.24, 2.45) is 29.4 Å². The molecule has 69 heavy (non-hydrogen) atoms. The van der Waals surface area contributed by atoms with Crippen LogP contribution in [0.3, 0.4) is 0 Å². The van der Waals surface area contributed by atoms with Gasteiger partial charge in [0.05, 0.1) is 30.5 Å². The normalized spacial score (nSPS) is 17.5. The SMILES string of the molecule is CC.CC.CC(=O)OCc1ccc(NC(=O)C(CCCCN)NC(=O)COCC(=O)NCCC(C)(C)OCC(C)(C)n2cc(CNC(=O)C3CCC(CN4C(=O)CC(C(C)C)C4=O)CC3)nn2)cc1. The molecule has 2 aromatic rings. The number of nitrogens with one attached hydrogen (secondary N) is 4. The minimum atomic E-state index is -0.852. The van der Waals surface area contributed by atoms with Crippen LogP contribution in [-0.2, 0) is 66.5 Å². The maximum atomic E-state index is 13.1. The number of nitrogens with two attached hydrogens (primary N) is 1. The first-order valence-electron chi connectivity index (χ1n) is 24.8. The first kappa shape index (κ1) is 59.9. The van der Waals surface area contributed by atoms with Crippen LogP contribution in [0.4, 0.5) is 5.69 Å². The zero-order chi connectivity index (χ0) is 51.7. The fraction of sp³-hybridized carbons (Fsp3) is 0.700. The molecule has 2 fully saturated rings. The largest absolute Gasteiger partial charge is 0.461 e. The molecule has 2 unspecified atom stereocenters. The molecule has 6 amide bonds. The molecule has 1 aliphatic carbocycles. The van der Waals surface area contributed by atoms with Crippen LogP contribution >= 0.6 is 0 Å². The summed E-state index contributed by atoms with van der Waals surface area (Å²) in [6, 6.07) is 5.95. The summed E-state index contributed by atoms with van der Waals surface area (Å²) in [6.45, 7) is 22.1. The molecule has 0 radical (unpaired) electrons. The van der Waals surface area contributed by atoms with Crippen molar-refractivity contribution in [3.05, 3.63) is 41.7 Å². The number of benzene rings is 1. The molecule has 19 heteroatoms. The van der Waals surface area contributed by atoms with E-state index in [9.17, 15) is 33.6 Å². The summed E-state index contributed by atoms with van der Waals surface area (Å²) in [7, 11) is 0. The minimum absolute atomic E-state index is 0.0420. The first-order chi connectivity index (χ1) is 32.8. The van der Waals surface area contributed by atoms with Crippen molar-refractivity contribution >= 4 is 47.1 Å². The van der Waals surface area contributed by atoms with E-state index in [1.165, 1.54) is 11.8 Å². The van der Waals surface area contributed by atoms with E-state index in [1.54, 1.807) is 35.1 Å². The number of likely N-dealkylation sites (tertiary alicyclic amines) is 1. The molecule has 2 atom stereocenters. The summed E-state index contributed by atoms with van der Waals surface area (Å²) in [6.07, 6.45) is 7.17. The Hall–Kier alpha value is -5.27. The van der Waals surface area contributed by atoms with Crippen LogP contribution in [0.1, 0.15) is 145 Å². The number of anilines is 1. The standard InChI is InChI=1S/C46H71N9O10.2C2H6/c1-30(2)37-22-41(59)54(44(37)62)24-32-11-15-34(16-12-32)42(60)49-23-36-25-55(53-52-36)45(4,5)29-65-46(6,7)19-21-48-39(57)27-63-28-40(58)51-38(10-8-9-20-47)43(61)50-35-17-13-33(14-18-35)26-64-31(3)56;2*1-2/h13-14,17-18,25,30,32,34,37-38H,8-12,15-16,19-24,26-29,47H2,1-7H3,(H,48,57)(H,49,60)(H,50,61)(H,51,58);2*1-2H3. The Morgan fingerprint density at radius 3 is 2.16 bits per heavy atom. The number of unbranched alkanes of at least 4 members (excludes halogenated alkanes) is 1. The highest BCUT2D eigenvalue weighted by molar-refractivity contribution is 6.03. The van der Waals surface area contributed by atoms with E-state index in [2.05, 4.69) is 31.6 Å². The lowest BCUT2D eigenvalue weighted by Crippen LogP contribution is -2.45. The van der Waals surface area contributed by atoms with Gasteiger partial charge in [0, 0.05) is 44.0 Å². The number of rotatable bonds is 26. The van der Waals surface area contributed by atoms with Crippen molar-refractivity contribution in [2.45, 2.75) is 164 Å². The number of esters is 1. The molecule has 1 aliphatic heterocycles. The minimum Gasteiger partial charge on any atom is -0.461 e. The van der Waals surface area contributed by atoms with Crippen LogP contribution in [0, 0.1) is 23.7 Å². The van der Waals surface area contributed by atoms with E-state index < -0.39 is 47.5 Å². The zero-order valence-corrected chi connectivity index (χ0v) is 43.2. The monoisotopic (exact) mass is 970 g/mol. The van der Waals surface area contributed by atoms with E-state index in [-0.39, 0.29) is 67.8 Å². The number of hydrogen-bond acceptors (Lipinski definition) is 13. The number of nitrogens with zero attached hydrogens (tertiary/aromatic N) is 4. The smallest absolute Gasteiger partial charge is 0.302 e. The molecule has 1 saturated heterocycles. The summed E-state index contributed by atoms with van der Waals surface area (Å²) >= 11 is 0. The number of ether oxygens (including phenoxy) is 3. The number of amides is 6. The van der Waals surface area contributed by atoms with E-state index >= 15 is 0 Å². The van der Waals surface area contributed by atoms with Crippen molar-refractivity contribution in [2.75, 3.05) is 44.8 Å². The second kappa shape index (κ2) is 30.4. The second-order valence-corrected chi connectivity index (χ2v) is 18.8. The van der Waals surface area contributed by atoms with Gasteiger partial charge in [-0.3, -0.25) is 38.5 Å². The Morgan fingerprint density at radius 2 is 1.55 bits per heavy atom. The molecule has 6 N–H and O–H groups in total. The lowest BCUT2D eigenvalue weighted by Gasteiger charge is -2.32. The molecular weight excluding hydrogens is 887 g/mol. The third-order valence-corrected chi connectivity index (χ3v) is 11.9. The Kier molecular flexibility index (Phi) is 26.3. The van der Waals surface area contributed by atoms with Crippen LogP contribution in [0.15, 0.2) is 30.5 Å². The third-order valence-electron chi connectivity index (χ3n) is 11.9. The lowest BCUT2D eigenvalue weighted by atomic mass is 9.81. The predicted octanol–water partition coefficient (Wildman–Crippen LogP) is 5.15. The fourth-order valence-corrected chi connectivity index (χ4v) is 7.68. The molecule has 1 saturated carbocycles. The summed E-state index contributed by atoms with van der Waals surface area (Å²) < 4.78 is 18.3.